The number of aromatic nitrogens is 1. The van der Waals surface area contributed by atoms with Gasteiger partial charge >= 0.3 is 0 Å². The van der Waals surface area contributed by atoms with Crippen LogP contribution in [0.2, 0.25) is 0 Å². The van der Waals surface area contributed by atoms with Crippen LogP contribution in [0.15, 0.2) is 47.2 Å². The van der Waals surface area contributed by atoms with E-state index in [0.29, 0.717) is 13.1 Å². The van der Waals surface area contributed by atoms with Crippen LogP contribution >= 0.6 is 0 Å². The standard InChI is InChI=1S/C13H16N2O2/c1-13(16,11-5-3-2-4-6-11)10-14-9-12-7-8-17-15-12/h2-8,14,16H,9-10H2,1H3. The molecule has 0 aliphatic carbocycles. The Morgan fingerprint density at radius 3 is 2.71 bits per heavy atom. The third-order valence-electron chi connectivity index (χ3n) is 2.66. The van der Waals surface area contributed by atoms with Gasteiger partial charge in [-0.05, 0) is 12.5 Å². The molecule has 0 bridgehead atoms. The molecule has 0 radical (unpaired) electrons. The zero-order chi connectivity index (χ0) is 12.1. The third kappa shape index (κ3) is 3.15. The third-order valence-corrected chi connectivity index (χ3v) is 2.66. The fourth-order valence-corrected chi connectivity index (χ4v) is 1.66. The lowest BCUT2D eigenvalue weighted by atomic mass is 9.96. The molecule has 1 heterocycles. The lowest BCUT2D eigenvalue weighted by molar-refractivity contribution is 0.0565. The van der Waals surface area contributed by atoms with Gasteiger partial charge in [-0.25, -0.2) is 0 Å². The Bertz CT molecular complexity index is 438. The Kier molecular flexibility index (Phi) is 3.56. The zero-order valence-corrected chi connectivity index (χ0v) is 9.76. The molecule has 4 nitrogen and oxygen atoms in total. The van der Waals surface area contributed by atoms with Gasteiger partial charge < -0.3 is 14.9 Å². The summed E-state index contributed by atoms with van der Waals surface area (Å²) in [5.41, 5.74) is 0.840. The Balaban J connectivity index is 1.90. The average molecular weight is 232 g/mol. The smallest absolute Gasteiger partial charge is 0.124 e. The minimum atomic E-state index is -0.884. The van der Waals surface area contributed by atoms with Gasteiger partial charge in [0, 0.05) is 19.2 Å². The first kappa shape index (κ1) is 11.8. The Hall–Kier alpha value is -1.65. The van der Waals surface area contributed by atoms with Crippen LogP contribution in [0.4, 0.5) is 0 Å². The minimum Gasteiger partial charge on any atom is -0.384 e. The van der Waals surface area contributed by atoms with Crippen molar-refractivity contribution in [3.8, 4) is 0 Å². The molecule has 0 saturated carbocycles. The van der Waals surface area contributed by atoms with Crippen LogP contribution in [0, 0.1) is 0 Å². The molecule has 1 atom stereocenters. The minimum absolute atomic E-state index is 0.462. The van der Waals surface area contributed by atoms with Crippen molar-refractivity contribution in [1.29, 1.82) is 0 Å². The molecule has 0 spiro atoms. The van der Waals surface area contributed by atoms with Crippen LogP contribution in [-0.4, -0.2) is 16.8 Å². The van der Waals surface area contributed by atoms with E-state index >= 15 is 0 Å². The van der Waals surface area contributed by atoms with Gasteiger partial charge in [0.15, 0.2) is 0 Å². The first-order chi connectivity index (χ1) is 8.18. The fraction of sp³-hybridized carbons (Fsp3) is 0.308. The summed E-state index contributed by atoms with van der Waals surface area (Å²) in [6.07, 6.45) is 1.53. The highest BCUT2D eigenvalue weighted by molar-refractivity contribution is 5.21. The summed E-state index contributed by atoms with van der Waals surface area (Å²) in [5.74, 6) is 0. The lowest BCUT2D eigenvalue weighted by Gasteiger charge is -2.24. The molecular weight excluding hydrogens is 216 g/mol. The van der Waals surface area contributed by atoms with Gasteiger partial charge in [-0.3, -0.25) is 0 Å². The Morgan fingerprint density at radius 1 is 1.29 bits per heavy atom. The molecule has 0 aliphatic rings. The molecule has 0 aliphatic heterocycles. The van der Waals surface area contributed by atoms with Crippen LogP contribution in [0.25, 0.3) is 0 Å². The van der Waals surface area contributed by atoms with E-state index in [-0.39, 0.29) is 0 Å². The van der Waals surface area contributed by atoms with Crippen LogP contribution in [0.5, 0.6) is 0 Å². The quantitative estimate of drug-likeness (QED) is 0.823. The number of hydrogen-bond donors (Lipinski definition) is 2. The summed E-state index contributed by atoms with van der Waals surface area (Å²) in [6, 6.07) is 11.4. The normalized spacial score (nSPS) is 14.5. The van der Waals surface area contributed by atoms with Crippen molar-refractivity contribution < 1.29 is 9.63 Å². The van der Waals surface area contributed by atoms with E-state index in [9.17, 15) is 5.11 Å². The van der Waals surface area contributed by atoms with Crippen molar-refractivity contribution in [3.63, 3.8) is 0 Å². The maximum absolute atomic E-state index is 10.3. The molecule has 90 valence electrons. The second kappa shape index (κ2) is 5.12. The van der Waals surface area contributed by atoms with E-state index in [4.69, 9.17) is 4.52 Å². The lowest BCUT2D eigenvalue weighted by Crippen LogP contribution is -2.35. The van der Waals surface area contributed by atoms with Crippen LogP contribution in [0.3, 0.4) is 0 Å². The predicted octanol–water partition coefficient (Wildman–Crippen LogP) is 1.67. The number of aliphatic hydroxyl groups is 1. The van der Waals surface area contributed by atoms with E-state index in [0.717, 1.165) is 11.3 Å². The Morgan fingerprint density at radius 2 is 2.06 bits per heavy atom. The first-order valence-corrected chi connectivity index (χ1v) is 5.56. The van der Waals surface area contributed by atoms with Crippen molar-refractivity contribution in [1.82, 2.24) is 10.5 Å². The highest BCUT2D eigenvalue weighted by atomic mass is 16.5. The molecule has 1 aromatic carbocycles. The molecule has 0 fully saturated rings. The summed E-state index contributed by atoms with van der Waals surface area (Å²) < 4.78 is 4.73. The van der Waals surface area contributed by atoms with Crippen molar-refractivity contribution in [3.05, 3.63) is 53.9 Å². The van der Waals surface area contributed by atoms with Gasteiger partial charge in [-0.2, -0.15) is 0 Å². The van der Waals surface area contributed by atoms with Gasteiger partial charge in [-0.15, -0.1) is 0 Å². The maximum Gasteiger partial charge on any atom is 0.124 e. The molecule has 2 rings (SSSR count). The molecule has 1 aromatic heterocycles. The highest BCUT2D eigenvalue weighted by Crippen LogP contribution is 2.18. The average Bonchev–Trinajstić information content (AvgIpc) is 2.83. The zero-order valence-electron chi connectivity index (χ0n) is 9.76. The molecule has 4 heteroatoms. The molecule has 2 N–H and O–H groups in total. The summed E-state index contributed by atoms with van der Waals surface area (Å²) in [4.78, 5) is 0. The van der Waals surface area contributed by atoms with E-state index in [1.165, 1.54) is 6.26 Å². The van der Waals surface area contributed by atoms with Crippen molar-refractivity contribution in [2.24, 2.45) is 0 Å². The van der Waals surface area contributed by atoms with E-state index < -0.39 is 5.60 Å². The van der Waals surface area contributed by atoms with Gasteiger partial charge in [0.1, 0.15) is 6.26 Å². The molecule has 17 heavy (non-hydrogen) atoms. The van der Waals surface area contributed by atoms with Gasteiger partial charge in [-0.1, -0.05) is 35.5 Å². The summed E-state index contributed by atoms with van der Waals surface area (Å²) in [5, 5.41) is 17.3. The molecule has 0 saturated heterocycles. The summed E-state index contributed by atoms with van der Waals surface area (Å²) in [7, 11) is 0. The molecule has 1 unspecified atom stereocenters. The van der Waals surface area contributed by atoms with E-state index in [1.807, 2.05) is 30.3 Å². The summed E-state index contributed by atoms with van der Waals surface area (Å²) in [6.45, 7) is 2.83. The summed E-state index contributed by atoms with van der Waals surface area (Å²) >= 11 is 0. The van der Waals surface area contributed by atoms with Crippen LogP contribution in [0.1, 0.15) is 18.2 Å². The second-order valence-corrected chi connectivity index (χ2v) is 4.23. The fourth-order valence-electron chi connectivity index (χ4n) is 1.66. The van der Waals surface area contributed by atoms with Crippen LogP contribution in [-0.2, 0) is 12.1 Å². The molecule has 0 amide bonds. The number of benzene rings is 1. The van der Waals surface area contributed by atoms with Gasteiger partial charge in [0.05, 0.1) is 11.3 Å². The van der Waals surface area contributed by atoms with E-state index in [1.54, 1.807) is 13.0 Å². The van der Waals surface area contributed by atoms with Gasteiger partial charge in [0.25, 0.3) is 0 Å². The maximum atomic E-state index is 10.3. The highest BCUT2D eigenvalue weighted by Gasteiger charge is 2.21. The predicted molar refractivity (Wildman–Crippen MR) is 64.2 cm³/mol. The Labute approximate surface area is 100 Å². The SMILES string of the molecule is CC(O)(CNCc1ccon1)c1ccccc1. The number of nitrogens with one attached hydrogen (secondary N) is 1. The first-order valence-electron chi connectivity index (χ1n) is 5.56. The van der Waals surface area contributed by atoms with Crippen molar-refractivity contribution in [2.75, 3.05) is 6.54 Å². The number of hydrogen-bond acceptors (Lipinski definition) is 4. The number of nitrogens with zero attached hydrogens (tertiary/aromatic N) is 1. The monoisotopic (exact) mass is 232 g/mol. The molecule has 2 aromatic rings. The largest absolute Gasteiger partial charge is 0.384 e. The molecular formula is C13H16N2O2. The van der Waals surface area contributed by atoms with Crippen LogP contribution < -0.4 is 5.32 Å². The van der Waals surface area contributed by atoms with Crippen molar-refractivity contribution >= 4 is 0 Å². The van der Waals surface area contributed by atoms with E-state index in [2.05, 4.69) is 10.5 Å². The van der Waals surface area contributed by atoms with Crippen molar-refractivity contribution in [2.45, 2.75) is 19.1 Å². The van der Waals surface area contributed by atoms with Gasteiger partial charge in [0.2, 0.25) is 0 Å². The second-order valence-electron chi connectivity index (χ2n) is 4.23. The topological polar surface area (TPSA) is 58.3 Å². The number of rotatable bonds is 5.